The summed E-state index contributed by atoms with van der Waals surface area (Å²) in [7, 11) is 0. The molecule has 0 atom stereocenters. The van der Waals surface area contributed by atoms with Gasteiger partial charge >= 0.3 is 5.97 Å². The molecular formula is C24H16FN3O4. The Morgan fingerprint density at radius 1 is 1.00 bits per heavy atom. The van der Waals surface area contributed by atoms with Gasteiger partial charge in [0.2, 0.25) is 0 Å². The fraction of sp³-hybridized carbons (Fsp3) is 0.0417. The zero-order valence-electron chi connectivity index (χ0n) is 16.6. The summed E-state index contributed by atoms with van der Waals surface area (Å²) in [6.45, 7) is -0.119. The molecule has 32 heavy (non-hydrogen) atoms. The van der Waals surface area contributed by atoms with Gasteiger partial charge in [0, 0.05) is 33.8 Å². The number of nitrogens with zero attached hydrogens (tertiary/aromatic N) is 1. The topological polar surface area (TPSA) is 108 Å². The summed E-state index contributed by atoms with van der Waals surface area (Å²) in [5.41, 5.74) is 0.502. The van der Waals surface area contributed by atoms with E-state index in [1.54, 1.807) is 24.3 Å². The van der Waals surface area contributed by atoms with Gasteiger partial charge in [-0.3, -0.25) is 9.59 Å². The van der Waals surface area contributed by atoms with Crippen molar-refractivity contribution in [3.05, 3.63) is 105 Å². The van der Waals surface area contributed by atoms with Gasteiger partial charge in [-0.1, -0.05) is 18.2 Å². The number of aromatic nitrogens is 3. The summed E-state index contributed by atoms with van der Waals surface area (Å²) in [6.07, 6.45) is 1.44. The molecule has 3 aromatic heterocycles. The molecule has 0 aliphatic heterocycles. The lowest BCUT2D eigenvalue weighted by Gasteiger charge is -2.10. The van der Waals surface area contributed by atoms with Crippen molar-refractivity contribution in [1.82, 2.24) is 14.5 Å². The van der Waals surface area contributed by atoms with Crippen LogP contribution in [-0.4, -0.2) is 25.6 Å². The quantitative estimate of drug-likeness (QED) is 0.405. The van der Waals surface area contributed by atoms with E-state index in [4.69, 9.17) is 0 Å². The molecule has 3 heterocycles. The summed E-state index contributed by atoms with van der Waals surface area (Å²) in [5.74, 6) is -1.86. The number of nitrogens with one attached hydrogen (secondary N) is 2. The predicted octanol–water partition coefficient (Wildman–Crippen LogP) is 3.72. The van der Waals surface area contributed by atoms with Crippen LogP contribution < -0.4 is 11.1 Å². The lowest BCUT2D eigenvalue weighted by Crippen LogP contribution is -2.18. The SMILES string of the molecule is O=C(O)c1c(-c2ccc[nH]c2=O)c2ccc(F)cc2n1Cc1cc2ccccc2[nH]c1=O. The first kappa shape index (κ1) is 19.5. The molecule has 3 N–H and O–H groups in total. The Morgan fingerprint density at radius 3 is 2.59 bits per heavy atom. The molecule has 158 valence electrons. The van der Waals surface area contributed by atoms with E-state index >= 15 is 0 Å². The smallest absolute Gasteiger partial charge is 0.353 e. The van der Waals surface area contributed by atoms with Crippen LogP contribution in [0.1, 0.15) is 16.1 Å². The first-order chi connectivity index (χ1) is 15.4. The Hall–Kier alpha value is -4.46. The highest BCUT2D eigenvalue weighted by molar-refractivity contribution is 6.08. The number of hydrogen-bond acceptors (Lipinski definition) is 3. The van der Waals surface area contributed by atoms with Gasteiger partial charge in [-0.15, -0.1) is 0 Å². The summed E-state index contributed by atoms with van der Waals surface area (Å²) in [6, 6.07) is 15.9. The third kappa shape index (κ3) is 3.09. The Kier molecular flexibility index (Phi) is 4.48. The number of hydrogen-bond donors (Lipinski definition) is 3. The zero-order chi connectivity index (χ0) is 22.4. The van der Waals surface area contributed by atoms with Crippen molar-refractivity contribution in [2.75, 3.05) is 0 Å². The standard InChI is InChI=1S/C24H16FN3O4/c25-15-7-8-16-19(11-15)28(12-14-10-13-4-1-2-6-18(13)27-22(14)29)21(24(31)32)20(16)17-5-3-9-26-23(17)30/h1-11H,12H2,(H,26,30)(H,27,29)(H,31,32). The number of halogens is 1. The van der Waals surface area contributed by atoms with Crippen molar-refractivity contribution >= 4 is 27.8 Å². The van der Waals surface area contributed by atoms with Crippen LogP contribution in [0.3, 0.4) is 0 Å². The Bertz CT molecular complexity index is 1650. The summed E-state index contributed by atoms with van der Waals surface area (Å²) >= 11 is 0. The lowest BCUT2D eigenvalue weighted by molar-refractivity contribution is 0.0687. The number of carboxylic acids is 1. The molecule has 8 heteroatoms. The molecule has 5 rings (SSSR count). The highest BCUT2D eigenvalue weighted by atomic mass is 19.1. The Balaban J connectivity index is 1.83. The molecular weight excluding hydrogens is 413 g/mol. The molecule has 0 aliphatic rings. The van der Waals surface area contributed by atoms with Gasteiger partial charge in [-0.25, -0.2) is 9.18 Å². The molecule has 0 fully saturated rings. The van der Waals surface area contributed by atoms with Crippen molar-refractivity contribution < 1.29 is 14.3 Å². The second kappa shape index (κ2) is 7.35. The van der Waals surface area contributed by atoms with Crippen molar-refractivity contribution in [2.45, 2.75) is 6.54 Å². The Morgan fingerprint density at radius 2 is 1.81 bits per heavy atom. The number of para-hydroxylation sites is 1. The number of aromatic carboxylic acids is 1. The third-order valence-corrected chi connectivity index (χ3v) is 5.48. The largest absolute Gasteiger partial charge is 0.477 e. The van der Waals surface area contributed by atoms with E-state index < -0.39 is 17.3 Å². The van der Waals surface area contributed by atoms with Crippen LogP contribution in [0.25, 0.3) is 32.9 Å². The van der Waals surface area contributed by atoms with E-state index in [1.165, 1.54) is 35.0 Å². The zero-order valence-corrected chi connectivity index (χ0v) is 16.6. The molecule has 0 saturated carbocycles. The third-order valence-electron chi connectivity index (χ3n) is 5.48. The summed E-state index contributed by atoms with van der Waals surface area (Å²) in [4.78, 5) is 42.9. The van der Waals surface area contributed by atoms with Gasteiger partial charge in [-0.2, -0.15) is 0 Å². The number of carbonyl (C=O) groups is 1. The van der Waals surface area contributed by atoms with Gasteiger partial charge in [0.25, 0.3) is 11.1 Å². The molecule has 0 amide bonds. The fourth-order valence-corrected chi connectivity index (χ4v) is 4.08. The maximum Gasteiger partial charge on any atom is 0.353 e. The van der Waals surface area contributed by atoms with E-state index in [0.29, 0.717) is 16.5 Å². The number of H-pyrrole nitrogens is 2. The number of carboxylic acid groups (broad SMARTS) is 1. The normalized spacial score (nSPS) is 11.3. The number of benzene rings is 2. The molecule has 0 bridgehead atoms. The van der Waals surface area contributed by atoms with Crippen LogP contribution in [0, 0.1) is 5.82 Å². The van der Waals surface area contributed by atoms with Crippen LogP contribution in [0.15, 0.2) is 76.4 Å². The van der Waals surface area contributed by atoms with Crippen molar-refractivity contribution in [2.24, 2.45) is 0 Å². The summed E-state index contributed by atoms with van der Waals surface area (Å²) in [5, 5.41) is 11.3. The molecule has 5 aromatic rings. The summed E-state index contributed by atoms with van der Waals surface area (Å²) < 4.78 is 15.5. The average Bonchev–Trinajstić information content (AvgIpc) is 3.08. The van der Waals surface area contributed by atoms with Gasteiger partial charge in [-0.05, 0) is 47.9 Å². The van der Waals surface area contributed by atoms with Gasteiger partial charge in [0.15, 0.2) is 0 Å². The second-order valence-corrected chi connectivity index (χ2v) is 7.40. The van der Waals surface area contributed by atoms with E-state index in [9.17, 15) is 23.9 Å². The molecule has 0 radical (unpaired) electrons. The van der Waals surface area contributed by atoms with Crippen molar-refractivity contribution in [3.63, 3.8) is 0 Å². The number of pyridine rings is 2. The molecule has 0 unspecified atom stereocenters. The first-order valence-electron chi connectivity index (χ1n) is 9.78. The Labute approximate surface area is 179 Å². The van der Waals surface area contributed by atoms with Crippen molar-refractivity contribution in [1.29, 1.82) is 0 Å². The average molecular weight is 429 g/mol. The highest BCUT2D eigenvalue weighted by Crippen LogP contribution is 2.34. The van der Waals surface area contributed by atoms with E-state index in [0.717, 1.165) is 5.39 Å². The van der Waals surface area contributed by atoms with Crippen LogP contribution >= 0.6 is 0 Å². The molecule has 2 aromatic carbocycles. The molecule has 0 spiro atoms. The highest BCUT2D eigenvalue weighted by Gasteiger charge is 2.26. The van der Waals surface area contributed by atoms with E-state index in [2.05, 4.69) is 9.97 Å². The van der Waals surface area contributed by atoms with Gasteiger partial charge < -0.3 is 19.6 Å². The number of aromatic amines is 2. The van der Waals surface area contributed by atoms with Crippen LogP contribution in [0.2, 0.25) is 0 Å². The van der Waals surface area contributed by atoms with Gasteiger partial charge in [0.05, 0.1) is 12.1 Å². The lowest BCUT2D eigenvalue weighted by atomic mass is 10.0. The predicted molar refractivity (Wildman–Crippen MR) is 119 cm³/mol. The fourth-order valence-electron chi connectivity index (χ4n) is 4.08. The first-order valence-corrected chi connectivity index (χ1v) is 9.78. The molecule has 7 nitrogen and oxygen atoms in total. The van der Waals surface area contributed by atoms with E-state index in [1.807, 2.05) is 12.1 Å². The minimum atomic E-state index is -1.29. The minimum absolute atomic E-state index is 0.119. The van der Waals surface area contributed by atoms with Crippen molar-refractivity contribution in [3.8, 4) is 11.1 Å². The van der Waals surface area contributed by atoms with Crippen LogP contribution in [0.4, 0.5) is 4.39 Å². The number of rotatable bonds is 4. The molecule has 0 saturated heterocycles. The monoisotopic (exact) mass is 429 g/mol. The van der Waals surface area contributed by atoms with Crippen LogP contribution in [-0.2, 0) is 6.54 Å². The number of fused-ring (bicyclic) bond motifs is 2. The molecule has 0 aliphatic carbocycles. The van der Waals surface area contributed by atoms with Gasteiger partial charge in [0.1, 0.15) is 11.5 Å². The van der Waals surface area contributed by atoms with Crippen LogP contribution in [0.5, 0.6) is 0 Å². The van der Waals surface area contributed by atoms with E-state index in [-0.39, 0.29) is 34.4 Å². The maximum absolute atomic E-state index is 14.2. The second-order valence-electron chi connectivity index (χ2n) is 7.40. The maximum atomic E-state index is 14.2. The minimum Gasteiger partial charge on any atom is -0.477 e.